The minimum Gasteiger partial charge on any atom is -0.368 e. The van der Waals surface area contributed by atoms with Crippen molar-refractivity contribution in [3.8, 4) is 0 Å². The zero-order valence-electron chi connectivity index (χ0n) is 12.6. The second-order valence-electron chi connectivity index (χ2n) is 5.33. The van der Waals surface area contributed by atoms with Crippen molar-refractivity contribution in [1.29, 1.82) is 0 Å². The Hall–Kier alpha value is -1.92. The van der Waals surface area contributed by atoms with Crippen LogP contribution in [0.15, 0.2) is 28.8 Å². The maximum Gasteiger partial charge on any atom is 0.323 e. The minimum absolute atomic E-state index is 0.174. The Kier molecular flexibility index (Phi) is 4.63. The minimum atomic E-state index is -0.174. The van der Waals surface area contributed by atoms with Gasteiger partial charge in [0.1, 0.15) is 5.76 Å². The monoisotopic (exact) mass is 354 g/mol. The summed E-state index contributed by atoms with van der Waals surface area (Å²) in [7, 11) is 0. The molecule has 2 heterocycles. The van der Waals surface area contributed by atoms with E-state index in [2.05, 4.69) is 15.4 Å². The Balaban J connectivity index is 1.57. The van der Waals surface area contributed by atoms with Crippen molar-refractivity contribution in [1.82, 2.24) is 10.1 Å². The summed E-state index contributed by atoms with van der Waals surface area (Å²) in [6.45, 7) is 4.46. The average molecular weight is 355 g/mol. The van der Waals surface area contributed by atoms with Gasteiger partial charge in [0, 0.05) is 37.9 Å². The molecule has 0 radical (unpaired) electrons. The van der Waals surface area contributed by atoms with Crippen LogP contribution in [0, 0.1) is 6.92 Å². The van der Waals surface area contributed by atoms with Gasteiger partial charge in [-0.1, -0.05) is 28.4 Å². The van der Waals surface area contributed by atoms with E-state index in [1.807, 2.05) is 12.1 Å². The third kappa shape index (κ3) is 3.71. The smallest absolute Gasteiger partial charge is 0.323 e. The van der Waals surface area contributed by atoms with Gasteiger partial charge in [-0.2, -0.15) is 0 Å². The van der Waals surface area contributed by atoms with Crippen molar-refractivity contribution in [3.05, 3.63) is 40.1 Å². The van der Waals surface area contributed by atoms with E-state index in [9.17, 15) is 4.79 Å². The molecule has 0 saturated carbocycles. The van der Waals surface area contributed by atoms with E-state index in [1.165, 1.54) is 0 Å². The normalized spacial score (nSPS) is 14.9. The fourth-order valence-electron chi connectivity index (χ4n) is 2.46. The van der Waals surface area contributed by atoms with Crippen LogP contribution in [0.2, 0.25) is 10.0 Å². The molecule has 1 fully saturated rings. The van der Waals surface area contributed by atoms with Crippen LogP contribution in [-0.2, 0) is 0 Å². The second kappa shape index (κ2) is 6.68. The van der Waals surface area contributed by atoms with Gasteiger partial charge >= 0.3 is 6.03 Å². The molecule has 2 amide bonds. The number of rotatable bonds is 2. The van der Waals surface area contributed by atoms with E-state index in [0.717, 1.165) is 18.8 Å². The summed E-state index contributed by atoms with van der Waals surface area (Å²) in [5.41, 5.74) is 1.01. The van der Waals surface area contributed by atoms with Crippen LogP contribution >= 0.6 is 23.2 Å². The molecule has 0 unspecified atom stereocenters. The quantitative estimate of drug-likeness (QED) is 0.893. The number of hydrogen-bond acceptors (Lipinski definition) is 4. The zero-order chi connectivity index (χ0) is 16.4. The summed E-state index contributed by atoms with van der Waals surface area (Å²) in [5, 5.41) is 7.56. The van der Waals surface area contributed by atoms with Gasteiger partial charge in [-0.25, -0.2) is 4.79 Å². The Morgan fingerprint density at radius 2 is 1.91 bits per heavy atom. The van der Waals surface area contributed by atoms with Crippen LogP contribution < -0.4 is 10.2 Å². The van der Waals surface area contributed by atoms with Crippen molar-refractivity contribution >= 4 is 40.7 Å². The lowest BCUT2D eigenvalue weighted by Crippen LogP contribution is -2.50. The third-order valence-corrected chi connectivity index (χ3v) is 4.44. The number of aromatic nitrogens is 1. The van der Waals surface area contributed by atoms with Crippen LogP contribution in [0.4, 0.5) is 16.3 Å². The van der Waals surface area contributed by atoms with Crippen LogP contribution in [0.3, 0.4) is 0 Å². The number of hydrogen-bond donors (Lipinski definition) is 1. The van der Waals surface area contributed by atoms with Gasteiger partial charge in [-0.3, -0.25) is 5.32 Å². The van der Waals surface area contributed by atoms with E-state index in [-0.39, 0.29) is 6.03 Å². The molecule has 23 heavy (non-hydrogen) atoms. The molecule has 1 aromatic carbocycles. The van der Waals surface area contributed by atoms with Crippen molar-refractivity contribution in [3.63, 3.8) is 0 Å². The molecule has 1 aliphatic rings. The molecule has 1 saturated heterocycles. The van der Waals surface area contributed by atoms with Gasteiger partial charge < -0.3 is 14.3 Å². The largest absolute Gasteiger partial charge is 0.368 e. The molecule has 1 aliphatic heterocycles. The zero-order valence-corrected chi connectivity index (χ0v) is 14.1. The lowest BCUT2D eigenvalue weighted by atomic mass is 10.2. The van der Waals surface area contributed by atoms with Gasteiger partial charge in [0.2, 0.25) is 0 Å². The average Bonchev–Trinajstić information content (AvgIpc) is 2.95. The lowest BCUT2D eigenvalue weighted by molar-refractivity contribution is 0.208. The molecular formula is C15H16Cl2N4O2. The third-order valence-electron chi connectivity index (χ3n) is 3.70. The summed E-state index contributed by atoms with van der Waals surface area (Å²) in [6, 6.07) is 7.07. The van der Waals surface area contributed by atoms with E-state index in [4.69, 9.17) is 27.7 Å². The molecule has 1 N–H and O–H groups in total. The lowest BCUT2D eigenvalue weighted by Gasteiger charge is -2.36. The van der Waals surface area contributed by atoms with Crippen molar-refractivity contribution in [2.75, 3.05) is 36.4 Å². The van der Waals surface area contributed by atoms with Crippen LogP contribution in [-0.4, -0.2) is 42.3 Å². The Bertz CT molecular complexity index is 711. The first-order chi connectivity index (χ1) is 11.0. The number of carbonyl (C=O) groups is 1. The van der Waals surface area contributed by atoms with E-state index < -0.39 is 0 Å². The number of aryl methyl sites for hydroxylation is 1. The molecule has 0 spiro atoms. The number of urea groups is 1. The SMILES string of the molecule is Cc1cc(NC(=O)N2CCN(c3ccc(Cl)c(Cl)c3)CC2)no1. The van der Waals surface area contributed by atoms with E-state index >= 15 is 0 Å². The number of halogens is 2. The molecule has 0 atom stereocenters. The topological polar surface area (TPSA) is 61.6 Å². The molecule has 8 heteroatoms. The molecule has 0 bridgehead atoms. The number of benzene rings is 1. The molecule has 6 nitrogen and oxygen atoms in total. The standard InChI is InChI=1S/C15H16Cl2N4O2/c1-10-8-14(19-23-10)18-15(22)21-6-4-20(5-7-21)11-2-3-12(16)13(17)9-11/h2-3,8-9H,4-7H2,1H3,(H,18,19,22). The fraction of sp³-hybridized carbons (Fsp3) is 0.333. The summed E-state index contributed by atoms with van der Waals surface area (Å²) in [4.78, 5) is 16.1. The van der Waals surface area contributed by atoms with Gasteiger partial charge in [0.05, 0.1) is 10.0 Å². The Labute approximate surface area is 143 Å². The number of nitrogens with zero attached hydrogens (tertiary/aromatic N) is 3. The number of nitrogens with one attached hydrogen (secondary N) is 1. The first-order valence-electron chi connectivity index (χ1n) is 7.22. The number of anilines is 2. The van der Waals surface area contributed by atoms with Gasteiger partial charge in [-0.05, 0) is 25.1 Å². The van der Waals surface area contributed by atoms with Crippen LogP contribution in [0.1, 0.15) is 5.76 Å². The number of amides is 2. The van der Waals surface area contributed by atoms with Gasteiger partial charge in [0.25, 0.3) is 0 Å². The predicted octanol–water partition coefficient (Wildman–Crippen LogP) is 3.64. The number of piperazine rings is 1. The van der Waals surface area contributed by atoms with Crippen molar-refractivity contribution in [2.45, 2.75) is 6.92 Å². The Morgan fingerprint density at radius 1 is 1.17 bits per heavy atom. The summed E-state index contributed by atoms with van der Waals surface area (Å²) >= 11 is 12.0. The van der Waals surface area contributed by atoms with Crippen molar-refractivity contribution in [2.24, 2.45) is 0 Å². The van der Waals surface area contributed by atoms with E-state index in [1.54, 1.807) is 24.0 Å². The van der Waals surface area contributed by atoms with Crippen molar-refractivity contribution < 1.29 is 9.32 Å². The van der Waals surface area contributed by atoms with E-state index in [0.29, 0.717) is 34.7 Å². The highest BCUT2D eigenvalue weighted by Gasteiger charge is 2.22. The van der Waals surface area contributed by atoms with Crippen LogP contribution in [0.5, 0.6) is 0 Å². The highest BCUT2D eigenvalue weighted by atomic mass is 35.5. The fourth-order valence-corrected chi connectivity index (χ4v) is 2.76. The van der Waals surface area contributed by atoms with Gasteiger partial charge in [0.15, 0.2) is 5.82 Å². The number of carbonyl (C=O) groups excluding carboxylic acids is 1. The molecule has 3 rings (SSSR count). The molecular weight excluding hydrogens is 339 g/mol. The molecule has 122 valence electrons. The summed E-state index contributed by atoms with van der Waals surface area (Å²) in [6.07, 6.45) is 0. The Morgan fingerprint density at radius 3 is 2.52 bits per heavy atom. The highest BCUT2D eigenvalue weighted by Crippen LogP contribution is 2.27. The highest BCUT2D eigenvalue weighted by molar-refractivity contribution is 6.42. The maximum absolute atomic E-state index is 12.2. The predicted molar refractivity (Wildman–Crippen MR) is 90.5 cm³/mol. The van der Waals surface area contributed by atoms with Gasteiger partial charge in [-0.15, -0.1) is 0 Å². The maximum atomic E-state index is 12.2. The summed E-state index contributed by atoms with van der Waals surface area (Å²) in [5.74, 6) is 1.09. The molecule has 2 aromatic rings. The molecule has 1 aromatic heterocycles. The van der Waals surface area contributed by atoms with Crippen LogP contribution in [0.25, 0.3) is 0 Å². The first kappa shape index (κ1) is 16.0. The summed E-state index contributed by atoms with van der Waals surface area (Å²) < 4.78 is 4.93. The second-order valence-corrected chi connectivity index (χ2v) is 6.14. The molecule has 0 aliphatic carbocycles. The first-order valence-corrected chi connectivity index (χ1v) is 7.98.